The van der Waals surface area contributed by atoms with Crippen molar-refractivity contribution >= 4 is 0 Å². The lowest BCUT2D eigenvalue weighted by Crippen LogP contribution is -2.19. The molecule has 0 aromatic rings. The molecular weight excluding hydrogens is 114 g/mol. The van der Waals surface area contributed by atoms with Crippen molar-refractivity contribution in [3.05, 3.63) is 0 Å². The van der Waals surface area contributed by atoms with Gasteiger partial charge in [-0.05, 0) is 13.5 Å². The molecule has 0 spiro atoms. The molecule has 0 amide bonds. The summed E-state index contributed by atoms with van der Waals surface area (Å²) in [7, 11) is 1.86. The van der Waals surface area contributed by atoms with Gasteiger partial charge in [-0.2, -0.15) is 0 Å². The molecule has 0 aromatic heterocycles. The van der Waals surface area contributed by atoms with E-state index in [2.05, 4.69) is 6.92 Å². The third-order valence-corrected chi connectivity index (χ3v) is 1.36. The first-order valence-corrected chi connectivity index (χ1v) is 3.58. The standard InChI is InChI=1S/C7H16NO/c1-3-4-5-6-8(2)7-9/h3-7H2,1-2H3. The predicted molar refractivity (Wildman–Crippen MR) is 37.7 cm³/mol. The highest BCUT2D eigenvalue weighted by molar-refractivity contribution is 4.44. The molecule has 9 heavy (non-hydrogen) atoms. The van der Waals surface area contributed by atoms with Gasteiger partial charge in [0.1, 0.15) is 6.73 Å². The molecule has 0 rings (SSSR count). The zero-order chi connectivity index (χ0) is 7.11. The maximum absolute atomic E-state index is 10.1. The zero-order valence-corrected chi connectivity index (χ0v) is 6.39. The SMILES string of the molecule is CCCCCN(C)C[O]. The normalized spacial score (nSPS) is 10.7. The van der Waals surface area contributed by atoms with E-state index < -0.39 is 0 Å². The Hall–Kier alpha value is -0.0800. The maximum atomic E-state index is 10.1. The molecule has 0 heterocycles. The van der Waals surface area contributed by atoms with Crippen molar-refractivity contribution in [3.63, 3.8) is 0 Å². The smallest absolute Gasteiger partial charge is 0.135 e. The van der Waals surface area contributed by atoms with E-state index in [-0.39, 0.29) is 6.73 Å². The molecule has 0 fully saturated rings. The van der Waals surface area contributed by atoms with Crippen LogP contribution in [0.5, 0.6) is 0 Å². The monoisotopic (exact) mass is 130 g/mol. The van der Waals surface area contributed by atoms with Crippen LogP contribution in [0.4, 0.5) is 0 Å². The van der Waals surface area contributed by atoms with Gasteiger partial charge in [0, 0.05) is 6.54 Å². The molecule has 0 saturated heterocycles. The van der Waals surface area contributed by atoms with E-state index in [9.17, 15) is 5.11 Å². The molecule has 0 atom stereocenters. The fourth-order valence-corrected chi connectivity index (χ4v) is 0.696. The minimum absolute atomic E-state index is 0.0658. The van der Waals surface area contributed by atoms with Gasteiger partial charge in [0.15, 0.2) is 0 Å². The molecule has 55 valence electrons. The maximum Gasteiger partial charge on any atom is 0.135 e. The Bertz CT molecular complexity index is 56.9. The minimum Gasteiger partial charge on any atom is -0.281 e. The first-order valence-electron chi connectivity index (χ1n) is 3.58. The van der Waals surface area contributed by atoms with Crippen LogP contribution in [0.1, 0.15) is 26.2 Å². The Morgan fingerprint density at radius 2 is 2.00 bits per heavy atom. The average Bonchev–Trinajstić information content (AvgIpc) is 1.89. The van der Waals surface area contributed by atoms with Gasteiger partial charge < -0.3 is 0 Å². The van der Waals surface area contributed by atoms with Gasteiger partial charge in [0.05, 0.1) is 0 Å². The third-order valence-electron chi connectivity index (χ3n) is 1.36. The van der Waals surface area contributed by atoms with Crippen LogP contribution in [0.2, 0.25) is 0 Å². The molecule has 1 radical (unpaired) electrons. The summed E-state index contributed by atoms with van der Waals surface area (Å²) in [4.78, 5) is 1.80. The fraction of sp³-hybridized carbons (Fsp3) is 1.00. The van der Waals surface area contributed by atoms with Crippen LogP contribution in [0, 0.1) is 0 Å². The van der Waals surface area contributed by atoms with Crippen LogP contribution in [0.25, 0.3) is 0 Å². The molecule has 2 nitrogen and oxygen atoms in total. The molecule has 0 N–H and O–H groups in total. The van der Waals surface area contributed by atoms with Crippen LogP contribution in [-0.2, 0) is 5.11 Å². The molecule has 0 aliphatic rings. The van der Waals surface area contributed by atoms with E-state index in [1.165, 1.54) is 12.8 Å². The summed E-state index contributed by atoms with van der Waals surface area (Å²) >= 11 is 0. The summed E-state index contributed by atoms with van der Waals surface area (Å²) in [5.41, 5.74) is 0. The van der Waals surface area contributed by atoms with Crippen LogP contribution in [-0.4, -0.2) is 25.2 Å². The van der Waals surface area contributed by atoms with E-state index in [4.69, 9.17) is 0 Å². The van der Waals surface area contributed by atoms with E-state index in [0.29, 0.717) is 0 Å². The van der Waals surface area contributed by atoms with Crippen LogP contribution < -0.4 is 0 Å². The number of hydrogen-bond donors (Lipinski definition) is 0. The Morgan fingerprint density at radius 1 is 1.33 bits per heavy atom. The third kappa shape index (κ3) is 5.80. The first kappa shape index (κ1) is 8.92. The Labute approximate surface area is 57.5 Å². The average molecular weight is 130 g/mol. The van der Waals surface area contributed by atoms with Crippen molar-refractivity contribution in [2.24, 2.45) is 0 Å². The van der Waals surface area contributed by atoms with Gasteiger partial charge >= 0.3 is 0 Å². The lowest BCUT2D eigenvalue weighted by atomic mass is 10.2. The Kier molecular flexibility index (Phi) is 5.99. The van der Waals surface area contributed by atoms with E-state index >= 15 is 0 Å². The van der Waals surface area contributed by atoms with Crippen LogP contribution >= 0.6 is 0 Å². The van der Waals surface area contributed by atoms with Gasteiger partial charge in [0.25, 0.3) is 0 Å². The first-order chi connectivity index (χ1) is 4.31. The van der Waals surface area contributed by atoms with Gasteiger partial charge in [-0.15, -0.1) is 0 Å². The molecule has 0 bridgehead atoms. The number of rotatable bonds is 5. The Balaban J connectivity index is 2.88. The predicted octanol–water partition coefficient (Wildman–Crippen LogP) is 1.50. The number of nitrogens with zero attached hydrogens (tertiary/aromatic N) is 1. The Morgan fingerprint density at radius 3 is 2.44 bits per heavy atom. The van der Waals surface area contributed by atoms with Crippen LogP contribution in [0.3, 0.4) is 0 Å². The highest BCUT2D eigenvalue weighted by Crippen LogP contribution is 1.94. The zero-order valence-electron chi connectivity index (χ0n) is 6.39. The molecule has 0 aromatic carbocycles. The summed E-state index contributed by atoms with van der Waals surface area (Å²) in [5, 5.41) is 10.1. The van der Waals surface area contributed by atoms with Crippen molar-refractivity contribution in [2.75, 3.05) is 20.3 Å². The lowest BCUT2D eigenvalue weighted by Gasteiger charge is -2.09. The van der Waals surface area contributed by atoms with Gasteiger partial charge in [0.2, 0.25) is 0 Å². The van der Waals surface area contributed by atoms with E-state index in [0.717, 1.165) is 13.0 Å². The fourth-order valence-electron chi connectivity index (χ4n) is 0.696. The van der Waals surface area contributed by atoms with Crippen molar-refractivity contribution in [1.82, 2.24) is 4.90 Å². The topological polar surface area (TPSA) is 23.1 Å². The second-order valence-electron chi connectivity index (χ2n) is 2.42. The molecule has 0 saturated carbocycles. The van der Waals surface area contributed by atoms with Crippen molar-refractivity contribution in [2.45, 2.75) is 26.2 Å². The van der Waals surface area contributed by atoms with Crippen molar-refractivity contribution < 1.29 is 5.11 Å². The lowest BCUT2D eigenvalue weighted by molar-refractivity contribution is 0.0687. The van der Waals surface area contributed by atoms with Gasteiger partial charge in [-0.3, -0.25) is 4.90 Å². The summed E-state index contributed by atoms with van der Waals surface area (Å²) in [6.45, 7) is 3.05. The quantitative estimate of drug-likeness (QED) is 0.408. The van der Waals surface area contributed by atoms with E-state index in [1.54, 1.807) is 4.90 Å². The number of unbranched alkanes of at least 4 members (excludes halogenated alkanes) is 2. The molecule has 0 aliphatic carbocycles. The number of hydrogen-bond acceptors (Lipinski definition) is 1. The van der Waals surface area contributed by atoms with Gasteiger partial charge in [-0.1, -0.05) is 19.8 Å². The summed E-state index contributed by atoms with van der Waals surface area (Å²) in [6, 6.07) is 0. The highest BCUT2D eigenvalue weighted by Gasteiger charge is 1.93. The summed E-state index contributed by atoms with van der Waals surface area (Å²) in [6.07, 6.45) is 3.63. The minimum atomic E-state index is -0.0658. The van der Waals surface area contributed by atoms with E-state index in [1.807, 2.05) is 7.05 Å². The van der Waals surface area contributed by atoms with Gasteiger partial charge in [-0.25, -0.2) is 5.11 Å². The van der Waals surface area contributed by atoms with Crippen molar-refractivity contribution in [3.8, 4) is 0 Å². The highest BCUT2D eigenvalue weighted by atomic mass is 16.3. The molecular formula is C7H16NO. The van der Waals surface area contributed by atoms with Crippen molar-refractivity contribution in [1.29, 1.82) is 0 Å². The molecule has 0 unspecified atom stereocenters. The molecule has 2 heteroatoms. The second kappa shape index (κ2) is 6.05. The van der Waals surface area contributed by atoms with Crippen LogP contribution in [0.15, 0.2) is 0 Å². The second-order valence-corrected chi connectivity index (χ2v) is 2.42. The molecule has 0 aliphatic heterocycles. The largest absolute Gasteiger partial charge is 0.281 e. The summed E-state index contributed by atoms with van der Waals surface area (Å²) < 4.78 is 0. The summed E-state index contributed by atoms with van der Waals surface area (Å²) in [5.74, 6) is 0.